The summed E-state index contributed by atoms with van der Waals surface area (Å²) in [5.41, 5.74) is 3.44. The summed E-state index contributed by atoms with van der Waals surface area (Å²) >= 11 is 1.74. The van der Waals surface area contributed by atoms with Crippen LogP contribution < -0.4 is 5.32 Å². The molecule has 0 bridgehead atoms. The van der Waals surface area contributed by atoms with Crippen LogP contribution in [0, 0.1) is 0 Å². The molecule has 0 aliphatic carbocycles. The second-order valence-corrected chi connectivity index (χ2v) is 8.49. The second kappa shape index (κ2) is 11.3. The van der Waals surface area contributed by atoms with Gasteiger partial charge < -0.3 is 10.2 Å². The van der Waals surface area contributed by atoms with E-state index >= 15 is 0 Å². The standard InChI is InChI=1S/C23H29N3OS.ClH/c1-17(2)19-9-11-20(12-10-19)25-22(27)15-21-16-28-23(26(21)3)24-14-13-18-7-5-4-6-8-18;/h4-12,17,21H,13-16H2,1-3H3,(H,25,27);1H. The molecule has 0 radical (unpaired) electrons. The summed E-state index contributed by atoms with van der Waals surface area (Å²) in [6.45, 7) is 5.11. The number of hydrogen-bond acceptors (Lipinski definition) is 3. The second-order valence-electron chi connectivity index (χ2n) is 7.50. The molecule has 1 aliphatic rings. The number of rotatable bonds is 7. The van der Waals surface area contributed by atoms with E-state index in [1.165, 1.54) is 11.1 Å². The van der Waals surface area contributed by atoms with Crippen LogP contribution in [0.15, 0.2) is 59.6 Å². The van der Waals surface area contributed by atoms with Crippen molar-refractivity contribution < 1.29 is 4.79 Å². The monoisotopic (exact) mass is 431 g/mol. The minimum absolute atomic E-state index is 0. The number of benzene rings is 2. The molecule has 1 N–H and O–H groups in total. The zero-order chi connectivity index (χ0) is 19.9. The Balaban J connectivity index is 0.00000300. The number of aliphatic imine (C=N–C) groups is 1. The van der Waals surface area contributed by atoms with Crippen molar-refractivity contribution in [3.63, 3.8) is 0 Å². The van der Waals surface area contributed by atoms with Gasteiger partial charge in [0.05, 0.1) is 0 Å². The van der Waals surface area contributed by atoms with E-state index in [-0.39, 0.29) is 24.4 Å². The van der Waals surface area contributed by atoms with Gasteiger partial charge in [-0.25, -0.2) is 0 Å². The van der Waals surface area contributed by atoms with Gasteiger partial charge in [0, 0.05) is 37.5 Å². The number of carbonyl (C=O) groups excluding carboxylic acids is 1. The van der Waals surface area contributed by atoms with Gasteiger partial charge in [-0.3, -0.25) is 9.79 Å². The number of halogens is 1. The van der Waals surface area contributed by atoms with Crippen molar-refractivity contribution in [2.24, 2.45) is 4.99 Å². The zero-order valence-electron chi connectivity index (χ0n) is 17.3. The first-order valence-electron chi connectivity index (χ1n) is 9.86. The van der Waals surface area contributed by atoms with Crippen LogP contribution in [0.5, 0.6) is 0 Å². The Bertz CT molecular complexity index is 809. The van der Waals surface area contributed by atoms with Crippen LogP contribution in [-0.2, 0) is 11.2 Å². The molecule has 29 heavy (non-hydrogen) atoms. The van der Waals surface area contributed by atoms with Crippen LogP contribution >= 0.6 is 24.2 Å². The molecule has 1 heterocycles. The molecule has 0 saturated carbocycles. The summed E-state index contributed by atoms with van der Waals surface area (Å²) in [5, 5.41) is 4.06. The fourth-order valence-corrected chi connectivity index (χ4v) is 4.41. The van der Waals surface area contributed by atoms with E-state index in [0.29, 0.717) is 12.3 Å². The lowest BCUT2D eigenvalue weighted by molar-refractivity contribution is -0.116. The molecule has 1 aliphatic heterocycles. The lowest BCUT2D eigenvalue weighted by Gasteiger charge is -2.20. The Morgan fingerprint density at radius 2 is 1.86 bits per heavy atom. The predicted octanol–water partition coefficient (Wildman–Crippen LogP) is 5.21. The molecule has 1 unspecified atom stereocenters. The quantitative estimate of drug-likeness (QED) is 0.654. The summed E-state index contributed by atoms with van der Waals surface area (Å²) in [5.74, 6) is 1.45. The van der Waals surface area contributed by atoms with Crippen LogP contribution in [0.4, 0.5) is 5.69 Å². The molecule has 1 saturated heterocycles. The summed E-state index contributed by atoms with van der Waals surface area (Å²) < 4.78 is 0. The number of hydrogen-bond donors (Lipinski definition) is 1. The summed E-state index contributed by atoms with van der Waals surface area (Å²) in [6, 6.07) is 18.7. The molecule has 3 rings (SSSR count). The third-order valence-corrected chi connectivity index (χ3v) is 6.25. The van der Waals surface area contributed by atoms with Gasteiger partial charge in [0.2, 0.25) is 5.91 Å². The van der Waals surface area contributed by atoms with Crippen molar-refractivity contribution in [2.75, 3.05) is 24.7 Å². The number of nitrogens with zero attached hydrogens (tertiary/aromatic N) is 2. The number of amidine groups is 1. The largest absolute Gasteiger partial charge is 0.350 e. The summed E-state index contributed by atoms with van der Waals surface area (Å²) in [6.07, 6.45) is 1.42. The highest BCUT2D eigenvalue weighted by Crippen LogP contribution is 2.25. The van der Waals surface area contributed by atoms with Gasteiger partial charge >= 0.3 is 0 Å². The topological polar surface area (TPSA) is 44.7 Å². The fraction of sp³-hybridized carbons (Fsp3) is 0.391. The van der Waals surface area contributed by atoms with E-state index in [1.807, 2.05) is 25.2 Å². The Morgan fingerprint density at radius 3 is 2.52 bits per heavy atom. The SMILES string of the molecule is CC(C)c1ccc(NC(=O)CC2CSC(=NCCc3ccccc3)N2C)cc1.Cl. The van der Waals surface area contributed by atoms with Crippen molar-refractivity contribution in [2.45, 2.75) is 38.6 Å². The van der Waals surface area contributed by atoms with Crippen LogP contribution in [0.3, 0.4) is 0 Å². The van der Waals surface area contributed by atoms with Crippen molar-refractivity contribution >= 4 is 40.9 Å². The number of carbonyl (C=O) groups is 1. The Labute approximate surface area is 184 Å². The molecule has 1 atom stereocenters. The maximum Gasteiger partial charge on any atom is 0.226 e. The van der Waals surface area contributed by atoms with E-state index in [1.54, 1.807) is 11.8 Å². The maximum absolute atomic E-state index is 12.5. The smallest absolute Gasteiger partial charge is 0.226 e. The van der Waals surface area contributed by atoms with Gasteiger partial charge in [0.25, 0.3) is 0 Å². The maximum atomic E-state index is 12.5. The minimum Gasteiger partial charge on any atom is -0.350 e. The molecule has 0 spiro atoms. The van der Waals surface area contributed by atoms with E-state index in [9.17, 15) is 4.79 Å². The van der Waals surface area contributed by atoms with Gasteiger partial charge in [-0.15, -0.1) is 12.4 Å². The van der Waals surface area contributed by atoms with Crippen molar-refractivity contribution in [1.82, 2.24) is 4.90 Å². The number of nitrogens with one attached hydrogen (secondary N) is 1. The van der Waals surface area contributed by atoms with Crippen molar-refractivity contribution in [3.05, 3.63) is 65.7 Å². The third-order valence-electron chi connectivity index (χ3n) is 5.03. The molecule has 1 fully saturated rings. The Kier molecular flexibility index (Phi) is 9.05. The molecule has 6 heteroatoms. The highest BCUT2D eigenvalue weighted by Gasteiger charge is 2.28. The number of thioether (sulfide) groups is 1. The minimum atomic E-state index is 0. The summed E-state index contributed by atoms with van der Waals surface area (Å²) in [7, 11) is 2.04. The average Bonchev–Trinajstić information content (AvgIpc) is 3.03. The number of anilines is 1. The van der Waals surface area contributed by atoms with E-state index < -0.39 is 0 Å². The highest BCUT2D eigenvalue weighted by atomic mass is 35.5. The van der Waals surface area contributed by atoms with Crippen molar-refractivity contribution in [1.29, 1.82) is 0 Å². The van der Waals surface area contributed by atoms with Crippen LogP contribution in [0.1, 0.15) is 37.3 Å². The molecular weight excluding hydrogens is 402 g/mol. The van der Waals surface area contributed by atoms with Gasteiger partial charge in [0.15, 0.2) is 5.17 Å². The lowest BCUT2D eigenvalue weighted by atomic mass is 10.0. The molecule has 4 nitrogen and oxygen atoms in total. The molecule has 2 aromatic carbocycles. The first-order chi connectivity index (χ1) is 13.5. The number of amides is 1. The van der Waals surface area contributed by atoms with E-state index in [2.05, 4.69) is 60.5 Å². The Morgan fingerprint density at radius 1 is 1.17 bits per heavy atom. The highest BCUT2D eigenvalue weighted by molar-refractivity contribution is 8.14. The van der Waals surface area contributed by atoms with Crippen LogP contribution in [0.25, 0.3) is 0 Å². The molecule has 1 amide bonds. The summed E-state index contributed by atoms with van der Waals surface area (Å²) in [4.78, 5) is 19.3. The van der Waals surface area contributed by atoms with Gasteiger partial charge in [-0.1, -0.05) is 68.1 Å². The third kappa shape index (κ3) is 6.79. The molecular formula is C23H30ClN3OS. The van der Waals surface area contributed by atoms with Crippen molar-refractivity contribution in [3.8, 4) is 0 Å². The molecule has 156 valence electrons. The Hall–Kier alpha value is -1.98. The predicted molar refractivity (Wildman–Crippen MR) is 127 cm³/mol. The normalized spacial score (nSPS) is 17.4. The van der Waals surface area contributed by atoms with Gasteiger partial charge in [-0.2, -0.15) is 0 Å². The van der Waals surface area contributed by atoms with Crippen LogP contribution in [-0.4, -0.2) is 41.4 Å². The van der Waals surface area contributed by atoms with E-state index in [4.69, 9.17) is 4.99 Å². The first-order valence-corrected chi connectivity index (χ1v) is 10.9. The fourth-order valence-electron chi connectivity index (χ4n) is 3.20. The molecule has 0 aromatic heterocycles. The van der Waals surface area contributed by atoms with Crippen LogP contribution in [0.2, 0.25) is 0 Å². The van der Waals surface area contributed by atoms with Gasteiger partial charge in [-0.05, 0) is 35.6 Å². The lowest BCUT2D eigenvalue weighted by Crippen LogP contribution is -2.33. The molecule has 2 aromatic rings. The zero-order valence-corrected chi connectivity index (χ0v) is 18.9. The average molecular weight is 432 g/mol. The first kappa shape index (κ1) is 23.3. The van der Waals surface area contributed by atoms with Gasteiger partial charge in [0.1, 0.15) is 0 Å². The van der Waals surface area contributed by atoms with E-state index in [0.717, 1.165) is 29.6 Å².